The Hall–Kier alpha value is -3.81. The minimum Gasteiger partial charge on any atom is -0.355 e. The summed E-state index contributed by atoms with van der Waals surface area (Å²) in [6.07, 6.45) is 5.75. The fourth-order valence-electron chi connectivity index (χ4n) is 2.52. The fraction of sp³-hybridized carbons (Fsp3) is 0.105. The maximum atomic E-state index is 10.4. The molecule has 3 aromatic rings. The van der Waals surface area contributed by atoms with Crippen LogP contribution in [0.15, 0.2) is 61.1 Å². The number of amides is 1. The van der Waals surface area contributed by atoms with Gasteiger partial charge in [-0.2, -0.15) is 0 Å². The number of hydrogen-bond donors (Lipinski definition) is 4. The molecule has 1 aromatic carbocycles. The fourth-order valence-corrected chi connectivity index (χ4v) is 2.52. The van der Waals surface area contributed by atoms with Gasteiger partial charge in [-0.25, -0.2) is 9.97 Å². The lowest BCUT2D eigenvalue weighted by Crippen LogP contribution is -2.30. The van der Waals surface area contributed by atoms with E-state index in [-0.39, 0.29) is 17.9 Å². The van der Waals surface area contributed by atoms with Gasteiger partial charge in [-0.15, -0.1) is 0 Å². The zero-order valence-corrected chi connectivity index (χ0v) is 14.5. The van der Waals surface area contributed by atoms with Gasteiger partial charge in [0.25, 0.3) is 0 Å². The first-order valence-electron chi connectivity index (χ1n) is 8.30. The molecule has 27 heavy (non-hydrogen) atoms. The molecule has 0 bridgehead atoms. The van der Waals surface area contributed by atoms with Gasteiger partial charge in [-0.3, -0.25) is 20.2 Å². The highest BCUT2D eigenvalue weighted by Gasteiger charge is 2.04. The summed E-state index contributed by atoms with van der Waals surface area (Å²) in [4.78, 5) is 19.0. The zero-order chi connectivity index (χ0) is 19.1. The summed E-state index contributed by atoms with van der Waals surface area (Å²) in [6, 6.07) is 12.9. The molecule has 0 saturated carbocycles. The number of carbonyl (C=O) groups is 1. The van der Waals surface area contributed by atoms with Crippen LogP contribution < -0.4 is 16.1 Å². The molecule has 0 saturated heterocycles. The predicted molar refractivity (Wildman–Crippen MR) is 102 cm³/mol. The number of anilines is 1. The van der Waals surface area contributed by atoms with Gasteiger partial charge in [-0.1, -0.05) is 24.3 Å². The average molecular weight is 361 g/mol. The number of rotatable bonds is 7. The van der Waals surface area contributed by atoms with Gasteiger partial charge in [-0.05, 0) is 29.3 Å². The van der Waals surface area contributed by atoms with Crippen molar-refractivity contribution in [1.82, 2.24) is 19.9 Å². The van der Waals surface area contributed by atoms with Gasteiger partial charge < -0.3 is 10.6 Å². The Morgan fingerprint density at radius 1 is 1.11 bits per heavy atom. The molecule has 3 rings (SSSR count). The predicted octanol–water partition coefficient (Wildman–Crippen LogP) is 1.61. The van der Waals surface area contributed by atoms with Crippen molar-refractivity contribution in [1.29, 1.82) is 10.8 Å². The Kier molecular flexibility index (Phi) is 5.68. The molecule has 1 amide bonds. The van der Waals surface area contributed by atoms with Crippen molar-refractivity contribution < 1.29 is 4.79 Å². The van der Waals surface area contributed by atoms with Crippen LogP contribution in [0.25, 0.3) is 11.1 Å². The molecular weight excluding hydrogens is 342 g/mol. The second kappa shape index (κ2) is 8.52. The molecule has 2 aromatic heterocycles. The van der Waals surface area contributed by atoms with Crippen LogP contribution in [0.5, 0.6) is 0 Å². The van der Waals surface area contributed by atoms with E-state index in [1.54, 1.807) is 36.8 Å². The largest absolute Gasteiger partial charge is 0.355 e. The summed E-state index contributed by atoms with van der Waals surface area (Å²) < 4.78 is 1.47. The topological polar surface area (TPSA) is 120 Å². The number of carbonyl (C=O) groups excluding carboxylic acids is 1. The van der Waals surface area contributed by atoms with Crippen LogP contribution in [-0.4, -0.2) is 33.3 Å². The first-order valence-corrected chi connectivity index (χ1v) is 8.30. The van der Waals surface area contributed by atoms with Crippen molar-refractivity contribution in [3.05, 3.63) is 72.1 Å². The molecule has 136 valence electrons. The number of aromatic nitrogens is 3. The number of nitrogens with zero attached hydrogens (tertiary/aromatic N) is 3. The second-order valence-corrected chi connectivity index (χ2v) is 5.75. The first-order chi connectivity index (χ1) is 13.2. The Balaban J connectivity index is 1.65. The van der Waals surface area contributed by atoms with Crippen molar-refractivity contribution in [2.24, 2.45) is 0 Å². The van der Waals surface area contributed by atoms with Gasteiger partial charge in [0.1, 0.15) is 11.3 Å². The normalized spacial score (nSPS) is 10.2. The molecular formula is C19H19N7O. The summed E-state index contributed by atoms with van der Waals surface area (Å²) in [5.41, 5.74) is 3.04. The smallest absolute Gasteiger partial charge is 0.222 e. The van der Waals surface area contributed by atoms with Crippen LogP contribution in [0.3, 0.4) is 0 Å². The number of nitrogens with one attached hydrogen (secondary N) is 4. The zero-order valence-electron chi connectivity index (χ0n) is 14.5. The minimum atomic E-state index is 0.201. The molecule has 0 aliphatic heterocycles. The second-order valence-electron chi connectivity index (χ2n) is 5.75. The molecule has 0 spiro atoms. The van der Waals surface area contributed by atoms with E-state index in [2.05, 4.69) is 20.6 Å². The molecule has 4 N–H and O–H groups in total. The van der Waals surface area contributed by atoms with Crippen LogP contribution >= 0.6 is 0 Å². The Morgan fingerprint density at radius 3 is 2.67 bits per heavy atom. The summed E-state index contributed by atoms with van der Waals surface area (Å²) in [6.45, 7) is 0.668. The summed E-state index contributed by atoms with van der Waals surface area (Å²) in [5.74, 6) is 0.633. The lowest BCUT2D eigenvalue weighted by molar-refractivity contribution is -0.109. The molecule has 0 radical (unpaired) electrons. The van der Waals surface area contributed by atoms with E-state index in [0.717, 1.165) is 16.7 Å². The van der Waals surface area contributed by atoms with Crippen LogP contribution in [0.1, 0.15) is 5.56 Å². The van der Waals surface area contributed by atoms with E-state index in [1.807, 2.05) is 24.3 Å². The first kappa shape index (κ1) is 18.0. The maximum Gasteiger partial charge on any atom is 0.222 e. The molecule has 0 atom stereocenters. The third-order valence-electron chi connectivity index (χ3n) is 3.87. The highest BCUT2D eigenvalue weighted by Crippen LogP contribution is 2.19. The van der Waals surface area contributed by atoms with Crippen LogP contribution in [0.2, 0.25) is 0 Å². The quantitative estimate of drug-likeness (QED) is 0.290. The monoisotopic (exact) mass is 361 g/mol. The molecule has 0 aliphatic carbocycles. The van der Waals surface area contributed by atoms with Crippen molar-refractivity contribution in [2.45, 2.75) is 6.54 Å². The molecule has 0 unspecified atom stereocenters. The average Bonchev–Trinajstić information content (AvgIpc) is 2.71. The van der Waals surface area contributed by atoms with Crippen LogP contribution in [0, 0.1) is 10.8 Å². The molecule has 2 heterocycles. The molecule has 0 aliphatic rings. The number of hydrogen-bond acceptors (Lipinski definition) is 6. The molecule has 8 heteroatoms. The third-order valence-corrected chi connectivity index (χ3v) is 3.87. The third kappa shape index (κ3) is 4.63. The van der Waals surface area contributed by atoms with Crippen molar-refractivity contribution in [2.75, 3.05) is 11.9 Å². The standard InChI is InChI=1S/C19H19N7O/c20-17-6-1-2-7-26(17)18(21)12-25-19-23-10-16(11-24-19)15-5-3-4-14(8-15)9-22-13-27/h1-8,10-11,13,20-21H,9,12H2,(H,22,27)(H,23,24,25). The van der Waals surface area contributed by atoms with Gasteiger partial charge >= 0.3 is 0 Å². The maximum absolute atomic E-state index is 10.4. The highest BCUT2D eigenvalue weighted by molar-refractivity contribution is 5.85. The van der Waals surface area contributed by atoms with Crippen LogP contribution in [-0.2, 0) is 11.3 Å². The van der Waals surface area contributed by atoms with E-state index in [0.29, 0.717) is 18.9 Å². The van der Waals surface area contributed by atoms with E-state index in [4.69, 9.17) is 10.8 Å². The SMILES string of the molecule is N=C(CNc1ncc(-c2cccc(CNC=O)c2)cn1)n1ccccc1=N. The Bertz CT molecular complexity index is 995. The van der Waals surface area contributed by atoms with Crippen molar-refractivity contribution in [3.8, 4) is 11.1 Å². The van der Waals surface area contributed by atoms with Gasteiger partial charge in [0, 0.05) is 30.7 Å². The minimum absolute atomic E-state index is 0.201. The van der Waals surface area contributed by atoms with Gasteiger partial charge in [0.05, 0.1) is 6.54 Å². The van der Waals surface area contributed by atoms with Gasteiger partial charge in [0.15, 0.2) is 0 Å². The van der Waals surface area contributed by atoms with Crippen molar-refractivity contribution in [3.63, 3.8) is 0 Å². The van der Waals surface area contributed by atoms with Gasteiger partial charge in [0.2, 0.25) is 12.4 Å². The lowest BCUT2D eigenvalue weighted by atomic mass is 10.1. The van der Waals surface area contributed by atoms with Crippen LogP contribution in [0.4, 0.5) is 5.95 Å². The van der Waals surface area contributed by atoms with E-state index in [1.165, 1.54) is 4.57 Å². The highest BCUT2D eigenvalue weighted by atomic mass is 16.1. The van der Waals surface area contributed by atoms with E-state index >= 15 is 0 Å². The Morgan fingerprint density at radius 2 is 1.93 bits per heavy atom. The molecule has 0 fully saturated rings. The summed E-state index contributed by atoms with van der Waals surface area (Å²) in [5, 5.41) is 21.5. The number of pyridine rings is 1. The van der Waals surface area contributed by atoms with Crippen molar-refractivity contribution >= 4 is 18.2 Å². The summed E-state index contributed by atoms with van der Waals surface area (Å²) in [7, 11) is 0. The summed E-state index contributed by atoms with van der Waals surface area (Å²) >= 11 is 0. The Labute approximate surface area is 156 Å². The lowest BCUT2D eigenvalue weighted by Gasteiger charge is -2.10. The number of benzene rings is 1. The van der Waals surface area contributed by atoms with E-state index in [9.17, 15) is 4.79 Å². The van der Waals surface area contributed by atoms with E-state index < -0.39 is 0 Å². The molecule has 8 nitrogen and oxygen atoms in total.